The molecule has 1 radical (unpaired) electrons. The highest BCUT2D eigenvalue weighted by Crippen LogP contribution is 2.18. The Morgan fingerprint density at radius 3 is 2.80 bits per heavy atom. The molecular weight excluding hydrogens is 148 g/mol. The van der Waals surface area contributed by atoms with Crippen LogP contribution in [0.3, 0.4) is 0 Å². The molecule has 0 saturated carbocycles. The van der Waals surface area contributed by atoms with Crippen molar-refractivity contribution in [2.75, 3.05) is 0 Å². The number of hydrogen-bond acceptors (Lipinski definition) is 3. The minimum Gasteiger partial charge on any atom is -0.370 e. The predicted molar refractivity (Wildman–Crippen MR) is 42.0 cm³/mol. The summed E-state index contributed by atoms with van der Waals surface area (Å²) in [6.07, 6.45) is 1.62. The van der Waals surface area contributed by atoms with E-state index in [9.17, 15) is 0 Å². The van der Waals surface area contributed by atoms with Gasteiger partial charge in [-0.2, -0.15) is 4.99 Å². The standard InChI is InChI=1S/C5H7N4S/c1-3-2-8-5(10-3)9-4(6)7/h2H,1H2,(H4,6,7,8,9). The molecule has 0 aliphatic carbocycles. The summed E-state index contributed by atoms with van der Waals surface area (Å²) in [4.78, 5) is 8.43. The van der Waals surface area contributed by atoms with Gasteiger partial charge in [-0.15, -0.1) is 0 Å². The van der Waals surface area contributed by atoms with Crippen molar-refractivity contribution in [3.05, 3.63) is 18.0 Å². The van der Waals surface area contributed by atoms with Crippen LogP contribution in [-0.2, 0) is 0 Å². The van der Waals surface area contributed by atoms with Gasteiger partial charge < -0.3 is 11.5 Å². The van der Waals surface area contributed by atoms with E-state index >= 15 is 0 Å². The van der Waals surface area contributed by atoms with Gasteiger partial charge in [0.1, 0.15) is 0 Å². The highest BCUT2D eigenvalue weighted by molar-refractivity contribution is 7.15. The molecule has 0 saturated heterocycles. The Hall–Kier alpha value is -1.10. The van der Waals surface area contributed by atoms with Crippen LogP contribution in [0.25, 0.3) is 0 Å². The third-order valence-corrected chi connectivity index (χ3v) is 1.51. The molecule has 10 heavy (non-hydrogen) atoms. The highest BCUT2D eigenvalue weighted by atomic mass is 32.1. The van der Waals surface area contributed by atoms with Gasteiger partial charge in [-0.1, -0.05) is 11.3 Å². The Labute approximate surface area is 62.6 Å². The van der Waals surface area contributed by atoms with E-state index in [2.05, 4.69) is 16.9 Å². The quantitative estimate of drug-likeness (QED) is 0.450. The van der Waals surface area contributed by atoms with Gasteiger partial charge in [-0.25, -0.2) is 4.98 Å². The van der Waals surface area contributed by atoms with Gasteiger partial charge >= 0.3 is 0 Å². The SMILES string of the molecule is [CH2]c1cnc(N=C(N)N)s1. The molecule has 0 bridgehead atoms. The van der Waals surface area contributed by atoms with Crippen molar-refractivity contribution in [1.29, 1.82) is 0 Å². The highest BCUT2D eigenvalue weighted by Gasteiger charge is 1.94. The zero-order valence-corrected chi connectivity index (χ0v) is 6.06. The van der Waals surface area contributed by atoms with Crippen molar-refractivity contribution in [1.82, 2.24) is 4.98 Å². The van der Waals surface area contributed by atoms with Crippen molar-refractivity contribution < 1.29 is 0 Å². The summed E-state index contributed by atoms with van der Waals surface area (Å²) in [7, 11) is 0. The molecule has 0 atom stereocenters. The molecule has 0 unspecified atom stereocenters. The molecule has 0 amide bonds. The number of hydrogen-bond donors (Lipinski definition) is 2. The number of nitrogens with two attached hydrogens (primary N) is 2. The number of thiazole rings is 1. The van der Waals surface area contributed by atoms with Gasteiger partial charge in [0.2, 0.25) is 5.13 Å². The molecule has 0 aromatic carbocycles. The molecule has 0 fully saturated rings. The van der Waals surface area contributed by atoms with Crippen LogP contribution in [0.4, 0.5) is 5.13 Å². The minimum absolute atomic E-state index is 0.0225. The van der Waals surface area contributed by atoms with E-state index in [1.54, 1.807) is 6.20 Å². The fourth-order valence-electron chi connectivity index (χ4n) is 0.459. The maximum absolute atomic E-state index is 5.11. The maximum atomic E-state index is 5.11. The lowest BCUT2D eigenvalue weighted by Crippen LogP contribution is -2.21. The molecular formula is C5H7N4S. The van der Waals surface area contributed by atoms with E-state index in [4.69, 9.17) is 11.5 Å². The normalized spacial score (nSPS) is 9.30. The van der Waals surface area contributed by atoms with E-state index in [0.29, 0.717) is 5.13 Å². The molecule has 53 valence electrons. The second kappa shape index (κ2) is 2.66. The third kappa shape index (κ3) is 1.70. The molecule has 0 aliphatic heterocycles. The predicted octanol–water partition coefficient (Wildman–Crippen LogP) is 0.230. The second-order valence-electron chi connectivity index (χ2n) is 1.65. The van der Waals surface area contributed by atoms with E-state index < -0.39 is 0 Å². The molecule has 1 rings (SSSR count). The lowest BCUT2D eigenvalue weighted by molar-refractivity contribution is 1.32. The molecule has 1 aromatic rings. The van der Waals surface area contributed by atoms with Crippen molar-refractivity contribution >= 4 is 22.4 Å². The smallest absolute Gasteiger partial charge is 0.212 e. The van der Waals surface area contributed by atoms with E-state index in [1.807, 2.05) is 0 Å². The first-order valence-corrected chi connectivity index (χ1v) is 3.37. The minimum atomic E-state index is 0.0225. The summed E-state index contributed by atoms with van der Waals surface area (Å²) in [5.41, 5.74) is 10.2. The number of aliphatic imine (C=N–C) groups is 1. The van der Waals surface area contributed by atoms with Crippen LogP contribution in [0.1, 0.15) is 4.88 Å². The molecule has 4 nitrogen and oxygen atoms in total. The fraction of sp³-hybridized carbons (Fsp3) is 0. The van der Waals surface area contributed by atoms with E-state index in [1.165, 1.54) is 11.3 Å². The van der Waals surface area contributed by atoms with Crippen molar-refractivity contribution in [2.24, 2.45) is 16.5 Å². The summed E-state index contributed by atoms with van der Waals surface area (Å²) in [5.74, 6) is 0.0225. The average Bonchev–Trinajstić information content (AvgIpc) is 2.13. The maximum Gasteiger partial charge on any atom is 0.212 e. The Kier molecular flexibility index (Phi) is 1.86. The Bertz CT molecular complexity index is 248. The largest absolute Gasteiger partial charge is 0.370 e. The first-order valence-electron chi connectivity index (χ1n) is 2.56. The number of rotatable bonds is 1. The average molecular weight is 155 g/mol. The van der Waals surface area contributed by atoms with Crippen LogP contribution in [0.15, 0.2) is 11.2 Å². The van der Waals surface area contributed by atoms with Crippen molar-refractivity contribution in [3.8, 4) is 0 Å². The summed E-state index contributed by atoms with van der Waals surface area (Å²) in [6, 6.07) is 0. The van der Waals surface area contributed by atoms with Gasteiger partial charge in [0.15, 0.2) is 5.96 Å². The monoisotopic (exact) mass is 155 g/mol. The Morgan fingerprint density at radius 2 is 2.40 bits per heavy atom. The molecule has 5 heteroatoms. The van der Waals surface area contributed by atoms with E-state index in [0.717, 1.165) is 4.88 Å². The fourth-order valence-corrected chi connectivity index (χ4v) is 1.06. The van der Waals surface area contributed by atoms with Gasteiger partial charge in [0.25, 0.3) is 0 Å². The van der Waals surface area contributed by atoms with Gasteiger partial charge in [0.05, 0.1) is 0 Å². The zero-order chi connectivity index (χ0) is 7.56. The molecule has 1 aromatic heterocycles. The van der Waals surface area contributed by atoms with Gasteiger partial charge in [-0.3, -0.25) is 0 Å². The number of nitrogens with zero attached hydrogens (tertiary/aromatic N) is 2. The summed E-state index contributed by atoms with van der Waals surface area (Å²) in [6.45, 7) is 3.65. The molecule has 1 heterocycles. The van der Waals surface area contributed by atoms with Crippen LogP contribution in [0.2, 0.25) is 0 Å². The lowest BCUT2D eigenvalue weighted by atomic mass is 10.7. The summed E-state index contributed by atoms with van der Waals surface area (Å²) >= 11 is 1.35. The topological polar surface area (TPSA) is 77.3 Å². The molecule has 0 spiro atoms. The third-order valence-electron chi connectivity index (χ3n) is 0.766. The summed E-state index contributed by atoms with van der Waals surface area (Å²) in [5, 5.41) is 0.546. The first-order chi connectivity index (χ1) is 4.68. The summed E-state index contributed by atoms with van der Waals surface area (Å²) < 4.78 is 0. The van der Waals surface area contributed by atoms with Crippen LogP contribution < -0.4 is 11.5 Å². The Morgan fingerprint density at radius 1 is 1.70 bits per heavy atom. The van der Waals surface area contributed by atoms with Gasteiger partial charge in [0, 0.05) is 11.1 Å². The van der Waals surface area contributed by atoms with Crippen LogP contribution >= 0.6 is 11.3 Å². The number of guanidine groups is 1. The lowest BCUT2D eigenvalue weighted by Gasteiger charge is -1.84. The molecule has 0 aliphatic rings. The van der Waals surface area contributed by atoms with Crippen LogP contribution in [-0.4, -0.2) is 10.9 Å². The molecule has 4 N–H and O–H groups in total. The Balaban J connectivity index is 2.86. The zero-order valence-electron chi connectivity index (χ0n) is 5.24. The van der Waals surface area contributed by atoms with E-state index in [-0.39, 0.29) is 5.96 Å². The van der Waals surface area contributed by atoms with Crippen molar-refractivity contribution in [3.63, 3.8) is 0 Å². The number of aromatic nitrogens is 1. The second-order valence-corrected chi connectivity index (χ2v) is 2.74. The van der Waals surface area contributed by atoms with Crippen LogP contribution in [0, 0.1) is 6.92 Å². The van der Waals surface area contributed by atoms with Gasteiger partial charge in [-0.05, 0) is 6.92 Å². The first kappa shape index (κ1) is 7.01. The van der Waals surface area contributed by atoms with Crippen LogP contribution in [0.5, 0.6) is 0 Å². The van der Waals surface area contributed by atoms with Crippen molar-refractivity contribution in [2.45, 2.75) is 0 Å².